The highest BCUT2D eigenvalue weighted by Gasteiger charge is 2.50. The van der Waals surface area contributed by atoms with Gasteiger partial charge >= 0.3 is 6.03 Å². The first-order chi connectivity index (χ1) is 9.05. The van der Waals surface area contributed by atoms with Gasteiger partial charge in [-0.3, -0.25) is 9.69 Å². The first kappa shape index (κ1) is 13.6. The number of carbonyl (C=O) groups is 2. The van der Waals surface area contributed by atoms with Crippen LogP contribution in [0.15, 0.2) is 36.9 Å². The molecule has 1 aliphatic heterocycles. The predicted octanol–water partition coefficient (Wildman–Crippen LogP) is 2.68. The van der Waals surface area contributed by atoms with E-state index in [2.05, 4.69) is 11.9 Å². The Labute approximate surface area is 117 Å². The van der Waals surface area contributed by atoms with E-state index < -0.39 is 5.54 Å². The predicted molar refractivity (Wildman–Crippen MR) is 73.9 cm³/mol. The van der Waals surface area contributed by atoms with Crippen LogP contribution in [-0.2, 0) is 10.3 Å². The van der Waals surface area contributed by atoms with Gasteiger partial charge in [-0.25, -0.2) is 4.79 Å². The topological polar surface area (TPSA) is 49.4 Å². The Kier molecular flexibility index (Phi) is 3.62. The third-order valence-corrected chi connectivity index (χ3v) is 3.61. The van der Waals surface area contributed by atoms with Gasteiger partial charge in [-0.1, -0.05) is 36.7 Å². The first-order valence-electron chi connectivity index (χ1n) is 6.06. The number of amides is 3. The van der Waals surface area contributed by atoms with Gasteiger partial charge in [0.15, 0.2) is 0 Å². The summed E-state index contributed by atoms with van der Waals surface area (Å²) in [5.41, 5.74) is -0.255. The van der Waals surface area contributed by atoms with E-state index in [1.807, 2.05) is 6.92 Å². The van der Waals surface area contributed by atoms with Crippen molar-refractivity contribution < 1.29 is 9.59 Å². The van der Waals surface area contributed by atoms with E-state index in [4.69, 9.17) is 11.6 Å². The highest BCUT2D eigenvalue weighted by Crippen LogP contribution is 2.32. The standard InChI is InChI=1S/C14H15ClN2O2/c1-3-9-17-12(18)14(4-2,16-13(17)19)10-5-7-11(15)8-6-10/h3,5-8H,1,4,9H2,2H3,(H,16,19)/t14-/m1/s1. The summed E-state index contributed by atoms with van der Waals surface area (Å²) in [5.74, 6) is -0.248. The summed E-state index contributed by atoms with van der Waals surface area (Å²) in [5, 5.41) is 3.38. The van der Waals surface area contributed by atoms with Crippen LogP contribution in [0.2, 0.25) is 5.02 Å². The van der Waals surface area contributed by atoms with Gasteiger partial charge in [0, 0.05) is 11.6 Å². The van der Waals surface area contributed by atoms with Crippen molar-refractivity contribution >= 4 is 23.5 Å². The van der Waals surface area contributed by atoms with Gasteiger partial charge in [0.05, 0.1) is 0 Å². The minimum Gasteiger partial charge on any atom is -0.319 e. The molecular formula is C14H15ClN2O2. The number of hydrogen-bond donors (Lipinski definition) is 1. The lowest BCUT2D eigenvalue weighted by Gasteiger charge is -2.25. The molecule has 19 heavy (non-hydrogen) atoms. The van der Waals surface area contributed by atoms with Gasteiger partial charge in [0.25, 0.3) is 5.91 Å². The SMILES string of the molecule is C=CCN1C(=O)N[C@](CC)(c2ccc(Cl)cc2)C1=O. The van der Waals surface area contributed by atoms with Crippen molar-refractivity contribution in [1.29, 1.82) is 0 Å². The van der Waals surface area contributed by atoms with Crippen LogP contribution >= 0.6 is 11.6 Å². The van der Waals surface area contributed by atoms with Crippen LogP contribution in [0.5, 0.6) is 0 Å². The zero-order valence-corrected chi connectivity index (χ0v) is 11.4. The van der Waals surface area contributed by atoms with Crippen molar-refractivity contribution in [2.75, 3.05) is 6.54 Å². The van der Waals surface area contributed by atoms with E-state index >= 15 is 0 Å². The zero-order valence-electron chi connectivity index (χ0n) is 10.6. The van der Waals surface area contributed by atoms with Crippen molar-refractivity contribution in [3.63, 3.8) is 0 Å². The molecule has 1 aromatic carbocycles. The summed E-state index contributed by atoms with van der Waals surface area (Å²) in [6, 6.07) is 6.57. The van der Waals surface area contributed by atoms with Crippen molar-refractivity contribution in [2.45, 2.75) is 18.9 Å². The summed E-state index contributed by atoms with van der Waals surface area (Å²) < 4.78 is 0. The van der Waals surface area contributed by atoms with Crippen LogP contribution in [0, 0.1) is 0 Å². The first-order valence-corrected chi connectivity index (χ1v) is 6.44. The fourth-order valence-electron chi connectivity index (χ4n) is 2.29. The minimum absolute atomic E-state index is 0.208. The van der Waals surface area contributed by atoms with Gasteiger partial charge < -0.3 is 5.32 Å². The third-order valence-electron chi connectivity index (χ3n) is 3.35. The van der Waals surface area contributed by atoms with E-state index in [0.29, 0.717) is 11.4 Å². The Morgan fingerprint density at radius 1 is 1.37 bits per heavy atom. The summed E-state index contributed by atoms with van der Waals surface area (Å²) in [7, 11) is 0. The Hall–Kier alpha value is -1.81. The van der Waals surface area contributed by atoms with Crippen LogP contribution < -0.4 is 5.32 Å². The highest BCUT2D eigenvalue weighted by atomic mass is 35.5. The number of rotatable bonds is 4. The highest BCUT2D eigenvalue weighted by molar-refractivity contribution is 6.30. The van der Waals surface area contributed by atoms with Crippen LogP contribution in [0.4, 0.5) is 4.79 Å². The number of urea groups is 1. The average Bonchev–Trinajstić information content (AvgIpc) is 2.65. The molecule has 5 heteroatoms. The van der Waals surface area contributed by atoms with Crippen molar-refractivity contribution in [2.24, 2.45) is 0 Å². The molecule has 0 radical (unpaired) electrons. The third kappa shape index (κ3) is 2.12. The molecule has 0 aliphatic carbocycles. The molecule has 100 valence electrons. The number of hydrogen-bond acceptors (Lipinski definition) is 2. The number of nitrogens with zero attached hydrogens (tertiary/aromatic N) is 1. The molecule has 1 aromatic rings. The lowest BCUT2D eigenvalue weighted by atomic mass is 9.87. The second kappa shape index (κ2) is 5.05. The molecule has 1 N–H and O–H groups in total. The molecule has 3 amide bonds. The lowest BCUT2D eigenvalue weighted by Crippen LogP contribution is -2.43. The molecule has 1 aliphatic rings. The normalized spacial score (nSPS) is 22.5. The molecule has 0 saturated carbocycles. The van der Waals surface area contributed by atoms with Crippen LogP contribution in [0.25, 0.3) is 0 Å². The quantitative estimate of drug-likeness (QED) is 0.680. The van der Waals surface area contributed by atoms with E-state index in [1.165, 1.54) is 11.0 Å². The van der Waals surface area contributed by atoms with Gasteiger partial charge in [-0.2, -0.15) is 0 Å². The molecule has 0 aromatic heterocycles. The largest absolute Gasteiger partial charge is 0.325 e. The molecule has 1 atom stereocenters. The molecule has 0 bridgehead atoms. The monoisotopic (exact) mass is 278 g/mol. The number of imide groups is 1. The second-order valence-corrected chi connectivity index (χ2v) is 4.84. The minimum atomic E-state index is -0.995. The summed E-state index contributed by atoms with van der Waals surface area (Å²) in [4.78, 5) is 25.6. The van der Waals surface area contributed by atoms with E-state index in [9.17, 15) is 9.59 Å². The summed E-state index contributed by atoms with van der Waals surface area (Å²) in [6.07, 6.45) is 2.01. The summed E-state index contributed by atoms with van der Waals surface area (Å²) in [6.45, 7) is 5.63. The fourth-order valence-corrected chi connectivity index (χ4v) is 2.42. The van der Waals surface area contributed by atoms with Crippen LogP contribution in [-0.4, -0.2) is 23.4 Å². The maximum Gasteiger partial charge on any atom is 0.325 e. The Morgan fingerprint density at radius 3 is 2.53 bits per heavy atom. The maximum absolute atomic E-state index is 12.5. The smallest absolute Gasteiger partial charge is 0.319 e. The van der Waals surface area contributed by atoms with Crippen molar-refractivity contribution in [3.8, 4) is 0 Å². The summed E-state index contributed by atoms with van der Waals surface area (Å²) >= 11 is 5.85. The Bertz CT molecular complexity index is 527. The maximum atomic E-state index is 12.5. The number of nitrogens with one attached hydrogen (secondary N) is 1. The number of benzene rings is 1. The van der Waals surface area contributed by atoms with Gasteiger partial charge in [-0.15, -0.1) is 6.58 Å². The Balaban J connectivity index is 2.44. The van der Waals surface area contributed by atoms with Gasteiger partial charge in [0.2, 0.25) is 0 Å². The van der Waals surface area contributed by atoms with E-state index in [-0.39, 0.29) is 18.5 Å². The van der Waals surface area contributed by atoms with E-state index in [0.717, 1.165) is 5.56 Å². The molecule has 4 nitrogen and oxygen atoms in total. The van der Waals surface area contributed by atoms with Crippen molar-refractivity contribution in [1.82, 2.24) is 10.2 Å². The van der Waals surface area contributed by atoms with Gasteiger partial charge in [0.1, 0.15) is 5.54 Å². The molecule has 2 rings (SSSR count). The molecule has 1 heterocycles. The molecule has 1 saturated heterocycles. The van der Waals surface area contributed by atoms with Crippen LogP contribution in [0.3, 0.4) is 0 Å². The average molecular weight is 279 g/mol. The molecule has 0 unspecified atom stereocenters. The fraction of sp³-hybridized carbons (Fsp3) is 0.286. The molecule has 1 fully saturated rings. The van der Waals surface area contributed by atoms with Gasteiger partial charge in [-0.05, 0) is 24.1 Å². The zero-order chi connectivity index (χ0) is 14.0. The number of halogens is 1. The second-order valence-electron chi connectivity index (χ2n) is 4.40. The van der Waals surface area contributed by atoms with E-state index in [1.54, 1.807) is 24.3 Å². The molecule has 0 spiro atoms. The Morgan fingerprint density at radius 2 is 2.00 bits per heavy atom. The van der Waals surface area contributed by atoms with Crippen molar-refractivity contribution in [3.05, 3.63) is 47.5 Å². The lowest BCUT2D eigenvalue weighted by molar-refractivity contribution is -0.131. The van der Waals surface area contributed by atoms with Crippen LogP contribution in [0.1, 0.15) is 18.9 Å². The molecular weight excluding hydrogens is 264 g/mol. The number of carbonyl (C=O) groups excluding carboxylic acids is 2.